The van der Waals surface area contributed by atoms with E-state index in [9.17, 15) is 9.59 Å². The van der Waals surface area contributed by atoms with Crippen LogP contribution in [0.5, 0.6) is 0 Å². The molecule has 2 amide bonds. The molecule has 6 nitrogen and oxygen atoms in total. The third-order valence-electron chi connectivity index (χ3n) is 6.75. The summed E-state index contributed by atoms with van der Waals surface area (Å²) >= 11 is 0. The summed E-state index contributed by atoms with van der Waals surface area (Å²) in [4.78, 5) is 27.1. The number of amides is 2. The number of benzene rings is 2. The van der Waals surface area contributed by atoms with E-state index in [2.05, 4.69) is 40.7 Å². The number of anilines is 1. The summed E-state index contributed by atoms with van der Waals surface area (Å²) in [5.74, 6) is 0.956. The monoisotopic (exact) mass is 442 g/mol. The van der Waals surface area contributed by atoms with Crippen LogP contribution in [0.25, 0.3) is 5.69 Å². The average Bonchev–Trinajstić information content (AvgIpc) is 3.64. The van der Waals surface area contributed by atoms with Crippen LogP contribution in [0.2, 0.25) is 0 Å². The van der Waals surface area contributed by atoms with Gasteiger partial charge in [0.1, 0.15) is 0 Å². The molecule has 5 rings (SSSR count). The Labute approximate surface area is 194 Å². The molecule has 170 valence electrons. The maximum atomic E-state index is 13.0. The van der Waals surface area contributed by atoms with Gasteiger partial charge in [0.15, 0.2) is 0 Å². The molecular weight excluding hydrogens is 412 g/mol. The van der Waals surface area contributed by atoms with E-state index in [-0.39, 0.29) is 17.7 Å². The van der Waals surface area contributed by atoms with Gasteiger partial charge in [0.05, 0.1) is 23.3 Å². The second kappa shape index (κ2) is 9.22. The lowest BCUT2D eigenvalue weighted by atomic mass is 9.90. The van der Waals surface area contributed by atoms with Crippen molar-refractivity contribution in [3.05, 3.63) is 77.6 Å². The molecule has 2 fully saturated rings. The molecular formula is C27H30N4O2. The summed E-state index contributed by atoms with van der Waals surface area (Å²) in [6.07, 6.45) is 6.95. The van der Waals surface area contributed by atoms with Gasteiger partial charge in [-0.2, -0.15) is 5.10 Å². The third-order valence-corrected chi connectivity index (χ3v) is 6.75. The average molecular weight is 443 g/mol. The van der Waals surface area contributed by atoms with Crippen LogP contribution in [0, 0.1) is 18.8 Å². The number of aryl methyl sites for hydroxylation is 1. The maximum absolute atomic E-state index is 13.0. The Morgan fingerprint density at radius 1 is 0.970 bits per heavy atom. The molecule has 2 aromatic carbocycles. The van der Waals surface area contributed by atoms with Gasteiger partial charge in [-0.05, 0) is 74.8 Å². The van der Waals surface area contributed by atoms with Gasteiger partial charge in [0.2, 0.25) is 5.91 Å². The highest BCUT2D eigenvalue weighted by atomic mass is 16.2. The number of nitrogens with zero attached hydrogens (tertiary/aromatic N) is 3. The van der Waals surface area contributed by atoms with E-state index in [1.165, 1.54) is 5.56 Å². The molecule has 33 heavy (non-hydrogen) atoms. The maximum Gasteiger partial charge on any atom is 0.253 e. The fraction of sp³-hybridized carbons (Fsp3) is 0.370. The molecule has 1 N–H and O–H groups in total. The van der Waals surface area contributed by atoms with E-state index in [0.29, 0.717) is 11.5 Å². The highest BCUT2D eigenvalue weighted by Gasteiger charge is 2.30. The molecule has 1 aliphatic carbocycles. The quantitative estimate of drug-likeness (QED) is 0.606. The zero-order valence-electron chi connectivity index (χ0n) is 19.0. The predicted molar refractivity (Wildman–Crippen MR) is 128 cm³/mol. The molecule has 1 aromatic heterocycles. The standard InChI is InChI=1S/C27H30N4O2/c1-19-25(28-26(32)22-7-8-22)18-31(29-19)24-11-9-23(10-12-24)27(33)30-15-13-21(14-16-30)17-20-5-3-2-4-6-20/h2-6,9-12,18,21-22H,7-8,13-17H2,1H3,(H,28,32). The van der Waals surface area contributed by atoms with E-state index >= 15 is 0 Å². The van der Waals surface area contributed by atoms with Crippen molar-refractivity contribution in [3.63, 3.8) is 0 Å². The molecule has 6 heteroatoms. The van der Waals surface area contributed by atoms with E-state index in [4.69, 9.17) is 0 Å². The first-order valence-corrected chi connectivity index (χ1v) is 11.9. The molecule has 0 radical (unpaired) electrons. The number of rotatable bonds is 6. The van der Waals surface area contributed by atoms with Crippen LogP contribution >= 0.6 is 0 Å². The zero-order valence-corrected chi connectivity index (χ0v) is 19.0. The Balaban J connectivity index is 1.18. The van der Waals surface area contributed by atoms with Crippen LogP contribution in [0.3, 0.4) is 0 Å². The van der Waals surface area contributed by atoms with Crippen molar-refractivity contribution in [2.45, 2.75) is 39.0 Å². The van der Waals surface area contributed by atoms with E-state index in [1.54, 1.807) is 4.68 Å². The van der Waals surface area contributed by atoms with Gasteiger partial charge < -0.3 is 10.2 Å². The smallest absolute Gasteiger partial charge is 0.253 e. The van der Waals surface area contributed by atoms with Gasteiger partial charge in [0, 0.05) is 24.6 Å². The molecule has 2 aliphatic rings. The molecule has 2 heterocycles. The summed E-state index contributed by atoms with van der Waals surface area (Å²) < 4.78 is 1.75. The topological polar surface area (TPSA) is 67.2 Å². The van der Waals surface area contributed by atoms with Gasteiger partial charge in [-0.3, -0.25) is 9.59 Å². The molecule has 1 saturated heterocycles. The lowest BCUT2D eigenvalue weighted by molar-refractivity contribution is -0.117. The first kappa shape index (κ1) is 21.4. The predicted octanol–water partition coefficient (Wildman–Crippen LogP) is 4.62. The molecule has 0 bridgehead atoms. The van der Waals surface area contributed by atoms with E-state index < -0.39 is 0 Å². The second-order valence-corrected chi connectivity index (χ2v) is 9.31. The van der Waals surface area contributed by atoms with E-state index in [0.717, 1.165) is 62.3 Å². The van der Waals surface area contributed by atoms with Crippen LogP contribution in [0.1, 0.15) is 47.3 Å². The summed E-state index contributed by atoms with van der Waals surface area (Å²) in [6, 6.07) is 18.2. The van der Waals surface area contributed by atoms with Crippen LogP contribution in [-0.2, 0) is 11.2 Å². The largest absolute Gasteiger partial charge is 0.339 e. The number of carbonyl (C=O) groups is 2. The van der Waals surface area contributed by atoms with Crippen molar-refractivity contribution in [2.75, 3.05) is 18.4 Å². The lowest BCUT2D eigenvalue weighted by Gasteiger charge is -2.32. The highest BCUT2D eigenvalue weighted by molar-refractivity contribution is 5.95. The third kappa shape index (κ3) is 5.00. The number of piperidine rings is 1. The second-order valence-electron chi connectivity index (χ2n) is 9.31. The van der Waals surface area contributed by atoms with Crippen molar-refractivity contribution < 1.29 is 9.59 Å². The molecule has 0 atom stereocenters. The normalized spacial score (nSPS) is 16.6. The molecule has 1 aliphatic heterocycles. The number of aromatic nitrogens is 2. The highest BCUT2D eigenvalue weighted by Crippen LogP contribution is 2.31. The Morgan fingerprint density at radius 2 is 1.67 bits per heavy atom. The summed E-state index contributed by atoms with van der Waals surface area (Å²) in [6.45, 7) is 3.50. The summed E-state index contributed by atoms with van der Waals surface area (Å²) in [7, 11) is 0. The van der Waals surface area contributed by atoms with E-state index in [1.807, 2.05) is 42.3 Å². The SMILES string of the molecule is Cc1nn(-c2ccc(C(=O)N3CCC(Cc4ccccc4)CC3)cc2)cc1NC(=O)C1CC1. The van der Waals surface area contributed by atoms with Gasteiger partial charge in [-0.25, -0.2) is 4.68 Å². The van der Waals surface area contributed by atoms with Crippen LogP contribution < -0.4 is 5.32 Å². The number of hydrogen-bond donors (Lipinski definition) is 1. The summed E-state index contributed by atoms with van der Waals surface area (Å²) in [5.41, 5.74) is 4.46. The van der Waals surface area contributed by atoms with Gasteiger partial charge in [0.25, 0.3) is 5.91 Å². The van der Waals surface area contributed by atoms with Crippen molar-refractivity contribution in [3.8, 4) is 5.69 Å². The Kier molecular flexibility index (Phi) is 5.99. The number of likely N-dealkylation sites (tertiary alicyclic amines) is 1. The number of nitrogens with one attached hydrogen (secondary N) is 1. The van der Waals surface area contributed by atoms with Crippen LogP contribution in [0.15, 0.2) is 60.8 Å². The minimum absolute atomic E-state index is 0.0751. The number of carbonyl (C=O) groups excluding carboxylic acids is 2. The Bertz CT molecular complexity index is 1120. The van der Waals surface area contributed by atoms with Gasteiger partial charge in [-0.15, -0.1) is 0 Å². The molecule has 3 aromatic rings. The van der Waals surface area contributed by atoms with Gasteiger partial charge in [-0.1, -0.05) is 30.3 Å². The van der Waals surface area contributed by atoms with Crippen LogP contribution in [-0.4, -0.2) is 39.6 Å². The Morgan fingerprint density at radius 3 is 2.33 bits per heavy atom. The van der Waals surface area contributed by atoms with Gasteiger partial charge >= 0.3 is 0 Å². The van der Waals surface area contributed by atoms with Crippen molar-refractivity contribution in [1.82, 2.24) is 14.7 Å². The lowest BCUT2D eigenvalue weighted by Crippen LogP contribution is -2.38. The molecule has 0 unspecified atom stereocenters. The number of hydrogen-bond acceptors (Lipinski definition) is 3. The minimum Gasteiger partial charge on any atom is -0.339 e. The zero-order chi connectivity index (χ0) is 22.8. The first-order chi connectivity index (χ1) is 16.1. The Hall–Kier alpha value is -3.41. The van der Waals surface area contributed by atoms with Crippen LogP contribution in [0.4, 0.5) is 5.69 Å². The minimum atomic E-state index is 0.0751. The fourth-order valence-electron chi connectivity index (χ4n) is 4.52. The molecule has 0 spiro atoms. The van der Waals surface area contributed by atoms with Crippen molar-refractivity contribution >= 4 is 17.5 Å². The molecule has 1 saturated carbocycles. The first-order valence-electron chi connectivity index (χ1n) is 11.9. The van der Waals surface area contributed by atoms with Crippen molar-refractivity contribution in [2.24, 2.45) is 11.8 Å². The summed E-state index contributed by atoms with van der Waals surface area (Å²) in [5, 5.41) is 7.50. The van der Waals surface area contributed by atoms with Crippen molar-refractivity contribution in [1.29, 1.82) is 0 Å². The fourth-order valence-corrected chi connectivity index (χ4v) is 4.52.